The normalized spacial score (nSPS) is 19.7. The van der Waals surface area contributed by atoms with E-state index in [9.17, 15) is 9.59 Å². The number of hydrogen-bond donors (Lipinski definition) is 1. The summed E-state index contributed by atoms with van der Waals surface area (Å²) in [5.41, 5.74) is 7.36. The number of ketones is 2. The van der Waals surface area contributed by atoms with Crippen LogP contribution in [-0.2, 0) is 9.59 Å². The number of nitrogens with two attached hydrogens (primary N) is 1. The van der Waals surface area contributed by atoms with Crippen LogP contribution in [0.25, 0.3) is 5.70 Å². The Balaban J connectivity index is 2.37. The summed E-state index contributed by atoms with van der Waals surface area (Å²) in [7, 11) is 0. The highest BCUT2D eigenvalue weighted by molar-refractivity contribution is 6.28. The van der Waals surface area contributed by atoms with Gasteiger partial charge in [0.2, 0.25) is 5.28 Å². The summed E-state index contributed by atoms with van der Waals surface area (Å²) in [5, 5.41) is 0.0810. The van der Waals surface area contributed by atoms with Gasteiger partial charge in [-0.25, -0.2) is 9.97 Å². The average molecular weight is 322 g/mol. The van der Waals surface area contributed by atoms with Gasteiger partial charge in [0.05, 0.1) is 17.3 Å². The van der Waals surface area contributed by atoms with Gasteiger partial charge in [0.1, 0.15) is 5.78 Å². The largest absolute Gasteiger partial charge is 0.397 e. The van der Waals surface area contributed by atoms with Crippen LogP contribution in [0.2, 0.25) is 5.28 Å². The van der Waals surface area contributed by atoms with Gasteiger partial charge in [-0.3, -0.25) is 9.59 Å². The highest BCUT2D eigenvalue weighted by Crippen LogP contribution is 2.27. The van der Waals surface area contributed by atoms with E-state index >= 15 is 0 Å². The Morgan fingerprint density at radius 1 is 1.45 bits per heavy atom. The molecule has 1 aliphatic carbocycles. The summed E-state index contributed by atoms with van der Waals surface area (Å²) in [4.78, 5) is 32.7. The number of hydrogen-bond acceptors (Lipinski definition) is 5. The van der Waals surface area contributed by atoms with Crippen LogP contribution in [0.4, 0.5) is 0 Å². The van der Waals surface area contributed by atoms with Crippen LogP contribution >= 0.6 is 11.6 Å². The van der Waals surface area contributed by atoms with Crippen LogP contribution in [-0.4, -0.2) is 21.5 Å². The van der Waals surface area contributed by atoms with Gasteiger partial charge in [-0.05, 0) is 36.9 Å². The SMILES string of the molecule is CCC/C(C(=O)[C@H]1CCCCC1=O)=C(/N)c1ccnc(Cl)n1. The minimum atomic E-state index is -0.550. The van der Waals surface area contributed by atoms with Crippen molar-refractivity contribution in [1.29, 1.82) is 0 Å². The molecule has 0 unspecified atom stereocenters. The maximum atomic E-state index is 12.8. The van der Waals surface area contributed by atoms with Crippen molar-refractivity contribution in [2.75, 3.05) is 0 Å². The number of halogens is 1. The first kappa shape index (κ1) is 16.6. The molecule has 0 saturated heterocycles. The van der Waals surface area contributed by atoms with Gasteiger partial charge >= 0.3 is 0 Å². The van der Waals surface area contributed by atoms with E-state index in [1.54, 1.807) is 6.07 Å². The molecule has 2 rings (SSSR count). The molecule has 22 heavy (non-hydrogen) atoms. The number of Topliss-reactive ketones (excluding diaryl/α,β-unsaturated/α-hetero) is 2. The molecule has 5 nitrogen and oxygen atoms in total. The predicted octanol–water partition coefficient (Wildman–Crippen LogP) is 2.93. The van der Waals surface area contributed by atoms with Crippen molar-refractivity contribution < 1.29 is 9.59 Å². The van der Waals surface area contributed by atoms with Crippen LogP contribution in [0, 0.1) is 5.92 Å². The number of carbonyl (C=O) groups excluding carboxylic acids is 2. The van der Waals surface area contributed by atoms with E-state index in [1.807, 2.05) is 6.92 Å². The summed E-state index contributed by atoms with van der Waals surface area (Å²) in [6, 6.07) is 1.62. The first-order valence-corrected chi connectivity index (χ1v) is 7.96. The molecule has 118 valence electrons. The lowest BCUT2D eigenvalue weighted by Gasteiger charge is -2.21. The number of aromatic nitrogens is 2. The Kier molecular flexibility index (Phi) is 5.66. The van der Waals surface area contributed by atoms with Crippen molar-refractivity contribution in [3.8, 4) is 0 Å². The van der Waals surface area contributed by atoms with E-state index in [0.29, 0.717) is 36.2 Å². The second-order valence-corrected chi connectivity index (χ2v) is 5.82. The minimum absolute atomic E-state index is 0.0263. The molecule has 1 fully saturated rings. The number of allylic oxidation sites excluding steroid dienone is 1. The second-order valence-electron chi connectivity index (χ2n) is 5.48. The average Bonchev–Trinajstić information content (AvgIpc) is 2.52. The highest BCUT2D eigenvalue weighted by Gasteiger charge is 2.31. The van der Waals surface area contributed by atoms with Gasteiger partial charge < -0.3 is 5.73 Å². The monoisotopic (exact) mass is 321 g/mol. The zero-order chi connectivity index (χ0) is 16.1. The fourth-order valence-electron chi connectivity index (χ4n) is 2.75. The Labute approximate surface area is 135 Å². The lowest BCUT2D eigenvalue weighted by atomic mass is 9.81. The molecule has 0 radical (unpaired) electrons. The van der Waals surface area contributed by atoms with Crippen molar-refractivity contribution in [2.45, 2.75) is 45.4 Å². The molecular weight excluding hydrogens is 302 g/mol. The highest BCUT2D eigenvalue weighted by atomic mass is 35.5. The zero-order valence-electron chi connectivity index (χ0n) is 12.6. The molecule has 1 aromatic heterocycles. The van der Waals surface area contributed by atoms with Gasteiger partial charge in [0.25, 0.3) is 0 Å². The van der Waals surface area contributed by atoms with Crippen molar-refractivity contribution in [1.82, 2.24) is 9.97 Å². The summed E-state index contributed by atoms with van der Waals surface area (Å²) in [6.07, 6.45) is 5.65. The third-order valence-corrected chi connectivity index (χ3v) is 4.08. The maximum absolute atomic E-state index is 12.8. The zero-order valence-corrected chi connectivity index (χ0v) is 13.4. The first-order chi connectivity index (χ1) is 10.5. The van der Waals surface area contributed by atoms with Crippen LogP contribution < -0.4 is 5.73 Å². The van der Waals surface area contributed by atoms with Gasteiger partial charge in [0, 0.05) is 18.2 Å². The van der Waals surface area contributed by atoms with E-state index in [0.717, 1.165) is 19.3 Å². The molecule has 1 saturated carbocycles. The number of nitrogens with zero attached hydrogens (tertiary/aromatic N) is 2. The topological polar surface area (TPSA) is 85.9 Å². The van der Waals surface area contributed by atoms with Crippen molar-refractivity contribution in [3.05, 3.63) is 28.8 Å². The summed E-state index contributed by atoms with van der Waals surface area (Å²) < 4.78 is 0. The van der Waals surface area contributed by atoms with Crippen molar-refractivity contribution in [2.24, 2.45) is 11.7 Å². The molecule has 0 aromatic carbocycles. The Bertz CT molecular complexity index is 613. The van der Waals surface area contributed by atoms with Gasteiger partial charge in [-0.15, -0.1) is 0 Å². The number of rotatable bonds is 5. The molecule has 2 N–H and O–H groups in total. The van der Waals surface area contributed by atoms with Gasteiger partial charge in [0.15, 0.2) is 5.78 Å². The fourth-order valence-corrected chi connectivity index (χ4v) is 2.90. The summed E-state index contributed by atoms with van der Waals surface area (Å²) in [5.74, 6) is -0.677. The van der Waals surface area contributed by atoms with E-state index in [2.05, 4.69) is 9.97 Å². The van der Waals surface area contributed by atoms with Crippen LogP contribution in [0.15, 0.2) is 17.8 Å². The van der Waals surface area contributed by atoms with Crippen LogP contribution in [0.5, 0.6) is 0 Å². The maximum Gasteiger partial charge on any atom is 0.222 e. The first-order valence-electron chi connectivity index (χ1n) is 7.59. The molecule has 1 heterocycles. The Morgan fingerprint density at radius 3 is 2.86 bits per heavy atom. The standard InChI is InChI=1S/C16H20ClN3O2/c1-2-5-11(14(18)12-8-9-19-16(17)20-12)15(22)10-6-3-4-7-13(10)21/h8-10H,2-7,18H2,1H3/b14-11-/t10-/m0/s1. The molecule has 6 heteroatoms. The van der Waals surface area contributed by atoms with Crippen molar-refractivity contribution >= 4 is 28.9 Å². The second kappa shape index (κ2) is 7.49. The van der Waals surface area contributed by atoms with E-state index in [1.165, 1.54) is 6.20 Å². The summed E-state index contributed by atoms with van der Waals surface area (Å²) in [6.45, 7) is 1.97. The quantitative estimate of drug-likeness (QED) is 0.512. The molecular formula is C16H20ClN3O2. The van der Waals surface area contributed by atoms with Crippen LogP contribution in [0.1, 0.15) is 51.1 Å². The van der Waals surface area contributed by atoms with Crippen LogP contribution in [0.3, 0.4) is 0 Å². The number of carbonyl (C=O) groups is 2. The third-order valence-electron chi connectivity index (χ3n) is 3.90. The molecule has 1 atom stereocenters. The van der Waals surface area contributed by atoms with E-state index in [-0.39, 0.29) is 16.9 Å². The molecule has 0 amide bonds. The van der Waals surface area contributed by atoms with E-state index in [4.69, 9.17) is 17.3 Å². The molecule has 0 spiro atoms. The molecule has 0 aliphatic heterocycles. The predicted molar refractivity (Wildman–Crippen MR) is 85.0 cm³/mol. The fraction of sp³-hybridized carbons (Fsp3) is 0.500. The van der Waals surface area contributed by atoms with Gasteiger partial charge in [-0.2, -0.15) is 0 Å². The Hall–Kier alpha value is -1.75. The smallest absolute Gasteiger partial charge is 0.222 e. The molecule has 1 aromatic rings. The molecule has 0 bridgehead atoms. The minimum Gasteiger partial charge on any atom is -0.397 e. The molecule has 1 aliphatic rings. The Morgan fingerprint density at radius 2 is 2.23 bits per heavy atom. The van der Waals surface area contributed by atoms with E-state index < -0.39 is 5.92 Å². The lowest BCUT2D eigenvalue weighted by molar-refractivity contribution is -0.132. The lowest BCUT2D eigenvalue weighted by Crippen LogP contribution is -2.29. The summed E-state index contributed by atoms with van der Waals surface area (Å²) >= 11 is 5.78. The third kappa shape index (κ3) is 3.71. The van der Waals surface area contributed by atoms with Gasteiger partial charge in [-0.1, -0.05) is 19.8 Å². The van der Waals surface area contributed by atoms with Crippen molar-refractivity contribution in [3.63, 3.8) is 0 Å².